The Labute approximate surface area is 118 Å². The zero-order valence-electron chi connectivity index (χ0n) is 11.8. The van der Waals surface area contributed by atoms with Gasteiger partial charge in [-0.3, -0.25) is 5.73 Å². The van der Waals surface area contributed by atoms with Gasteiger partial charge in [0.1, 0.15) is 0 Å². The van der Waals surface area contributed by atoms with E-state index in [9.17, 15) is 10.5 Å². The summed E-state index contributed by atoms with van der Waals surface area (Å²) >= 11 is 0. The van der Waals surface area contributed by atoms with Crippen molar-refractivity contribution in [2.24, 2.45) is 22.0 Å². The van der Waals surface area contributed by atoms with Crippen molar-refractivity contribution in [3.8, 4) is 12.1 Å². The minimum Gasteiger partial charge on any atom is -0.317 e. The van der Waals surface area contributed by atoms with Gasteiger partial charge in [0.05, 0.1) is 12.1 Å². The van der Waals surface area contributed by atoms with Crippen LogP contribution < -0.4 is 10.7 Å². The molecule has 3 aliphatic rings. The van der Waals surface area contributed by atoms with E-state index in [1.54, 1.807) is 0 Å². The molecule has 0 bridgehead atoms. The summed E-state index contributed by atoms with van der Waals surface area (Å²) in [6.07, 6.45) is 4.76. The predicted octanol–water partition coefficient (Wildman–Crippen LogP) is -0.632. The number of nitrogens with zero attached hydrogens (tertiary/aromatic N) is 2. The van der Waals surface area contributed by atoms with Crippen LogP contribution in [0, 0.1) is 38.9 Å². The summed E-state index contributed by atoms with van der Waals surface area (Å²) < 4.78 is 11.0. The standard InChI is InChI=1S/C14H18N4O2/c1-19-14(20-2)13(9-16)11(6-4-3-5-7-11)12(13,8-15)10(17)18-14/h3-7H2,1-2H3,(H2,17,18)/p+1/t12-,13+/m1/s1. The van der Waals surface area contributed by atoms with Crippen LogP contribution in [0.4, 0.5) is 0 Å². The first kappa shape index (κ1) is 13.4. The number of nitrogens with one attached hydrogen (secondary N) is 1. The number of ether oxygens (including phenoxy) is 2. The van der Waals surface area contributed by atoms with Gasteiger partial charge in [0.2, 0.25) is 0 Å². The third-order valence-electron chi connectivity index (χ3n) is 5.75. The largest absolute Gasteiger partial charge is 0.342 e. The van der Waals surface area contributed by atoms with Gasteiger partial charge in [-0.1, -0.05) is 19.3 Å². The highest BCUT2D eigenvalue weighted by Gasteiger charge is 3.03. The number of rotatable bonds is 2. The summed E-state index contributed by atoms with van der Waals surface area (Å²) in [4.78, 5) is 2.93. The van der Waals surface area contributed by atoms with Crippen LogP contribution in [0.3, 0.4) is 0 Å². The third-order valence-corrected chi connectivity index (χ3v) is 5.75. The summed E-state index contributed by atoms with van der Waals surface area (Å²) in [6, 6.07) is 4.69. The van der Waals surface area contributed by atoms with Crippen molar-refractivity contribution in [1.29, 1.82) is 10.5 Å². The highest BCUT2D eigenvalue weighted by molar-refractivity contribution is 5.95. The maximum Gasteiger partial charge on any atom is 0.342 e. The molecule has 0 amide bonds. The first-order chi connectivity index (χ1) is 9.58. The van der Waals surface area contributed by atoms with Gasteiger partial charge in [-0.15, -0.1) is 0 Å². The second kappa shape index (κ2) is 3.72. The van der Waals surface area contributed by atoms with Crippen molar-refractivity contribution in [3.63, 3.8) is 0 Å². The number of nitrogens with two attached hydrogens (primary N) is 1. The molecule has 2 atom stereocenters. The van der Waals surface area contributed by atoms with E-state index in [2.05, 4.69) is 17.1 Å². The molecule has 1 aliphatic heterocycles. The van der Waals surface area contributed by atoms with E-state index in [0.29, 0.717) is 5.84 Å². The van der Waals surface area contributed by atoms with Crippen molar-refractivity contribution in [2.45, 2.75) is 38.0 Å². The highest BCUT2D eigenvalue weighted by Crippen LogP contribution is 2.86. The van der Waals surface area contributed by atoms with E-state index in [0.717, 1.165) is 32.1 Å². The van der Waals surface area contributed by atoms with Gasteiger partial charge < -0.3 is 9.47 Å². The lowest BCUT2D eigenvalue weighted by Gasteiger charge is -2.33. The second-order valence-electron chi connectivity index (χ2n) is 5.93. The first-order valence-electron chi connectivity index (χ1n) is 6.92. The fraction of sp³-hybridized carbons (Fsp3) is 0.786. The summed E-state index contributed by atoms with van der Waals surface area (Å²) in [6.45, 7) is 0. The van der Waals surface area contributed by atoms with Gasteiger partial charge in [0.25, 0.3) is 5.84 Å². The van der Waals surface area contributed by atoms with Crippen LogP contribution in [0.5, 0.6) is 0 Å². The molecular formula is C14H19N4O2+. The lowest BCUT2D eigenvalue weighted by atomic mass is 9.76. The summed E-state index contributed by atoms with van der Waals surface area (Å²) in [7, 11) is 2.95. The van der Waals surface area contributed by atoms with Crippen LogP contribution in [0.1, 0.15) is 32.1 Å². The number of methoxy groups -OCH3 is 2. The van der Waals surface area contributed by atoms with E-state index < -0.39 is 22.2 Å². The van der Waals surface area contributed by atoms with E-state index in [4.69, 9.17) is 15.2 Å². The van der Waals surface area contributed by atoms with Crippen LogP contribution in [0.15, 0.2) is 0 Å². The zero-order chi connectivity index (χ0) is 14.6. The molecule has 106 valence electrons. The molecule has 2 fully saturated rings. The molecule has 6 nitrogen and oxygen atoms in total. The highest BCUT2D eigenvalue weighted by atomic mass is 16.7. The molecule has 2 saturated carbocycles. The lowest BCUT2D eigenvalue weighted by molar-refractivity contribution is -0.690. The maximum atomic E-state index is 9.93. The molecule has 0 unspecified atom stereocenters. The molecule has 6 heteroatoms. The Morgan fingerprint density at radius 2 is 1.70 bits per heavy atom. The topological polar surface area (TPSA) is 106 Å². The van der Waals surface area contributed by atoms with Crippen LogP contribution >= 0.6 is 0 Å². The van der Waals surface area contributed by atoms with Gasteiger partial charge in [0.15, 0.2) is 10.8 Å². The molecule has 2 aliphatic carbocycles. The fourth-order valence-corrected chi connectivity index (χ4v) is 4.99. The maximum absolute atomic E-state index is 9.93. The Kier molecular flexibility index (Phi) is 2.48. The van der Waals surface area contributed by atoms with Gasteiger partial charge in [-0.05, 0) is 12.8 Å². The summed E-state index contributed by atoms with van der Waals surface area (Å²) in [5.41, 5.74) is 3.59. The van der Waals surface area contributed by atoms with E-state index >= 15 is 0 Å². The zero-order valence-corrected chi connectivity index (χ0v) is 11.8. The molecular weight excluding hydrogens is 256 g/mol. The van der Waals surface area contributed by atoms with Crippen molar-refractivity contribution >= 4 is 5.84 Å². The molecule has 1 heterocycles. The Hall–Kier alpha value is -1.63. The number of amidine groups is 1. The van der Waals surface area contributed by atoms with Crippen LogP contribution in [0.2, 0.25) is 0 Å². The SMILES string of the molecule is COC1(OC)[NH+]=C(N)[C@]2(C#N)C3(CCCCC3)[C@]12C#N. The van der Waals surface area contributed by atoms with Crippen molar-refractivity contribution in [3.05, 3.63) is 0 Å². The molecule has 3 rings (SSSR count). The van der Waals surface area contributed by atoms with Gasteiger partial charge in [0, 0.05) is 19.6 Å². The quantitative estimate of drug-likeness (QED) is 0.653. The average Bonchev–Trinajstić information content (AvgIpc) is 2.89. The number of hydrogen-bond acceptors (Lipinski definition) is 5. The first-order valence-corrected chi connectivity index (χ1v) is 6.92. The average molecular weight is 275 g/mol. The molecule has 0 aromatic carbocycles. The Balaban J connectivity index is 2.26. The molecule has 0 aromatic rings. The monoisotopic (exact) mass is 275 g/mol. The number of fused-ring (bicyclic) bond motifs is 3. The van der Waals surface area contributed by atoms with E-state index in [-0.39, 0.29) is 0 Å². The van der Waals surface area contributed by atoms with Gasteiger partial charge in [-0.25, -0.2) is 4.99 Å². The normalized spacial score (nSPS) is 39.5. The number of nitriles is 2. The minimum absolute atomic E-state index is 0.312. The Morgan fingerprint density at radius 3 is 2.15 bits per heavy atom. The van der Waals surface area contributed by atoms with E-state index in [1.165, 1.54) is 14.2 Å². The second-order valence-corrected chi connectivity index (χ2v) is 5.93. The third kappa shape index (κ3) is 0.905. The summed E-state index contributed by atoms with van der Waals surface area (Å²) in [5.74, 6) is -1.02. The van der Waals surface area contributed by atoms with Crippen molar-refractivity contribution in [1.82, 2.24) is 0 Å². The van der Waals surface area contributed by atoms with E-state index in [1.807, 2.05) is 0 Å². The van der Waals surface area contributed by atoms with Gasteiger partial charge in [-0.2, -0.15) is 10.5 Å². The molecule has 1 spiro atoms. The molecule has 0 aromatic heterocycles. The van der Waals surface area contributed by atoms with Crippen LogP contribution in [-0.2, 0) is 9.47 Å². The van der Waals surface area contributed by atoms with Crippen molar-refractivity contribution < 1.29 is 14.5 Å². The molecule has 3 N–H and O–H groups in total. The fourth-order valence-electron chi connectivity index (χ4n) is 4.99. The lowest BCUT2D eigenvalue weighted by Crippen LogP contribution is -2.91. The van der Waals surface area contributed by atoms with Crippen LogP contribution in [-0.4, -0.2) is 26.0 Å². The van der Waals surface area contributed by atoms with Crippen molar-refractivity contribution in [2.75, 3.05) is 14.2 Å². The number of hydrogen-bond donors (Lipinski definition) is 2. The summed E-state index contributed by atoms with van der Waals surface area (Å²) in [5, 5.41) is 19.7. The smallest absolute Gasteiger partial charge is 0.317 e. The van der Waals surface area contributed by atoms with Gasteiger partial charge >= 0.3 is 5.91 Å². The molecule has 0 radical (unpaired) electrons. The molecule has 20 heavy (non-hydrogen) atoms. The molecule has 0 saturated heterocycles. The van der Waals surface area contributed by atoms with Crippen LogP contribution in [0.25, 0.3) is 0 Å². The predicted molar refractivity (Wildman–Crippen MR) is 68.5 cm³/mol. The Bertz CT molecular complexity index is 563. The Morgan fingerprint density at radius 1 is 1.10 bits per heavy atom. The minimum atomic E-state index is -1.33.